The molecule has 1 saturated heterocycles. The Morgan fingerprint density at radius 1 is 1.12 bits per heavy atom. The van der Waals surface area contributed by atoms with Crippen LogP contribution in [0.2, 0.25) is 0 Å². The van der Waals surface area contributed by atoms with Crippen LogP contribution in [0.3, 0.4) is 0 Å². The van der Waals surface area contributed by atoms with Crippen molar-refractivity contribution in [2.75, 3.05) is 57.0 Å². The predicted molar refractivity (Wildman–Crippen MR) is 159 cm³/mol. The van der Waals surface area contributed by atoms with Crippen molar-refractivity contribution in [1.82, 2.24) is 39.6 Å². The number of hydrogen-bond donors (Lipinski definition) is 2. The van der Waals surface area contributed by atoms with Crippen LogP contribution in [0.15, 0.2) is 53.3 Å². The molecule has 0 bridgehead atoms. The molecule has 6 rings (SSSR count). The normalized spacial score (nSPS) is 14.6. The van der Waals surface area contributed by atoms with E-state index in [1.807, 2.05) is 24.1 Å². The average Bonchev–Trinajstić information content (AvgIpc) is 3.78. The number of nitrogens with one attached hydrogen (secondary N) is 1. The summed E-state index contributed by atoms with van der Waals surface area (Å²) in [5.74, 6) is 1.99. The fourth-order valence-corrected chi connectivity index (χ4v) is 5.33. The summed E-state index contributed by atoms with van der Waals surface area (Å²) in [7, 11) is 1.90. The quantitative estimate of drug-likeness (QED) is 0.227. The molecule has 1 amide bonds. The second kappa shape index (κ2) is 12.1. The fourth-order valence-electron chi connectivity index (χ4n) is 5.33. The second-order valence-electron chi connectivity index (χ2n) is 10.4. The van der Waals surface area contributed by atoms with Crippen LogP contribution in [0.25, 0.3) is 28.3 Å². The number of ether oxygens (including phenoxy) is 1. The first-order valence-corrected chi connectivity index (χ1v) is 14.4. The first-order chi connectivity index (χ1) is 20.6. The number of rotatable bonds is 11. The van der Waals surface area contributed by atoms with E-state index in [1.54, 1.807) is 29.3 Å². The Bertz CT molecular complexity index is 1640. The lowest BCUT2D eigenvalue weighted by Crippen LogP contribution is -2.50. The van der Waals surface area contributed by atoms with Gasteiger partial charge in [-0.2, -0.15) is 14.6 Å². The molecule has 1 atom stereocenters. The standard InChI is InChI=1S/C29H36N10O3/c1-3-4-6-23(28(40)37-15-13-36(14-16-37)20-8-10-21(11-9-20)41-18-12-31-2)38-27-22(19-32-38)26-33-25(24-7-5-17-42-24)35-39(26)29(30)34-27/h5,7-11,17,19,23,31H,3-4,6,12-16,18H2,1-2H3,(H2,30,34). The van der Waals surface area contributed by atoms with Crippen molar-refractivity contribution in [3.63, 3.8) is 0 Å². The van der Waals surface area contributed by atoms with E-state index in [0.29, 0.717) is 54.4 Å². The molecule has 0 radical (unpaired) electrons. The zero-order valence-electron chi connectivity index (χ0n) is 23.9. The summed E-state index contributed by atoms with van der Waals surface area (Å²) in [6.45, 7) is 6.27. The van der Waals surface area contributed by atoms with Crippen LogP contribution in [-0.2, 0) is 4.79 Å². The topological polar surface area (TPSA) is 145 Å². The largest absolute Gasteiger partial charge is 0.492 e. The van der Waals surface area contributed by atoms with Gasteiger partial charge in [-0.15, -0.1) is 5.10 Å². The van der Waals surface area contributed by atoms with Crippen molar-refractivity contribution >= 4 is 34.2 Å². The Kier molecular flexibility index (Phi) is 7.91. The monoisotopic (exact) mass is 572 g/mol. The van der Waals surface area contributed by atoms with Crippen molar-refractivity contribution in [3.8, 4) is 17.3 Å². The number of fused-ring (bicyclic) bond motifs is 3. The van der Waals surface area contributed by atoms with Gasteiger partial charge in [0.1, 0.15) is 18.4 Å². The van der Waals surface area contributed by atoms with E-state index in [0.717, 1.165) is 43.9 Å². The number of nitrogen functional groups attached to an aromatic ring is 1. The minimum Gasteiger partial charge on any atom is -0.492 e. The number of nitrogens with two attached hydrogens (primary N) is 1. The van der Waals surface area contributed by atoms with Gasteiger partial charge in [0.25, 0.3) is 0 Å². The molecule has 220 valence electrons. The third kappa shape index (κ3) is 5.34. The summed E-state index contributed by atoms with van der Waals surface area (Å²) in [6, 6.07) is 11.2. The van der Waals surface area contributed by atoms with Gasteiger partial charge in [-0.3, -0.25) is 4.79 Å². The summed E-state index contributed by atoms with van der Waals surface area (Å²) in [6.07, 6.45) is 5.75. The molecule has 1 aromatic carbocycles. The maximum atomic E-state index is 14.0. The molecule has 0 aliphatic carbocycles. The highest BCUT2D eigenvalue weighted by molar-refractivity contribution is 5.92. The Morgan fingerprint density at radius 3 is 2.64 bits per heavy atom. The van der Waals surface area contributed by atoms with Gasteiger partial charge in [0.15, 0.2) is 17.1 Å². The number of nitrogens with zero attached hydrogens (tertiary/aromatic N) is 8. The summed E-state index contributed by atoms with van der Waals surface area (Å²) in [5, 5.41) is 12.9. The van der Waals surface area contributed by atoms with E-state index in [4.69, 9.17) is 14.9 Å². The lowest BCUT2D eigenvalue weighted by Gasteiger charge is -2.37. The molecule has 1 fully saturated rings. The maximum absolute atomic E-state index is 14.0. The van der Waals surface area contributed by atoms with Crippen molar-refractivity contribution in [2.45, 2.75) is 32.2 Å². The minimum atomic E-state index is -0.496. The van der Waals surface area contributed by atoms with E-state index in [2.05, 4.69) is 49.4 Å². The van der Waals surface area contributed by atoms with Crippen LogP contribution < -0.4 is 20.7 Å². The Morgan fingerprint density at radius 2 is 1.93 bits per heavy atom. The number of carbonyl (C=O) groups is 1. The zero-order chi connectivity index (χ0) is 29.1. The van der Waals surface area contributed by atoms with Gasteiger partial charge < -0.3 is 30.0 Å². The van der Waals surface area contributed by atoms with Crippen LogP contribution in [0.1, 0.15) is 32.2 Å². The number of benzene rings is 1. The van der Waals surface area contributed by atoms with Crippen molar-refractivity contribution in [2.24, 2.45) is 0 Å². The van der Waals surface area contributed by atoms with Crippen LogP contribution in [0, 0.1) is 0 Å². The third-order valence-electron chi connectivity index (χ3n) is 7.62. The first kappa shape index (κ1) is 27.5. The van der Waals surface area contributed by atoms with Crippen molar-refractivity contribution < 1.29 is 13.9 Å². The van der Waals surface area contributed by atoms with Crippen molar-refractivity contribution in [3.05, 3.63) is 48.9 Å². The van der Waals surface area contributed by atoms with E-state index < -0.39 is 6.04 Å². The minimum absolute atomic E-state index is 0.0411. The van der Waals surface area contributed by atoms with Gasteiger partial charge >= 0.3 is 0 Å². The summed E-state index contributed by atoms with van der Waals surface area (Å²) < 4.78 is 14.4. The summed E-state index contributed by atoms with van der Waals surface area (Å²) >= 11 is 0. The summed E-state index contributed by atoms with van der Waals surface area (Å²) in [4.78, 5) is 27.5. The molecule has 5 aromatic rings. The molecule has 1 unspecified atom stereocenters. The molecule has 0 spiro atoms. The highest BCUT2D eigenvalue weighted by atomic mass is 16.5. The third-order valence-corrected chi connectivity index (χ3v) is 7.62. The highest BCUT2D eigenvalue weighted by Crippen LogP contribution is 2.28. The molecule has 1 aliphatic heterocycles. The molecule has 13 nitrogen and oxygen atoms in total. The van der Waals surface area contributed by atoms with E-state index in [1.165, 1.54) is 4.52 Å². The van der Waals surface area contributed by atoms with Crippen LogP contribution in [0.4, 0.5) is 11.6 Å². The van der Waals surface area contributed by atoms with E-state index >= 15 is 0 Å². The number of carbonyl (C=O) groups excluding carboxylic acids is 1. The number of furan rings is 1. The number of unbranched alkanes of at least 4 members (excludes halogenated alkanes) is 1. The smallest absolute Gasteiger partial charge is 0.247 e. The Labute approximate surface area is 243 Å². The number of amides is 1. The molecular formula is C29H36N10O3. The van der Waals surface area contributed by atoms with E-state index in [-0.39, 0.29) is 11.9 Å². The van der Waals surface area contributed by atoms with Gasteiger partial charge in [0, 0.05) is 38.4 Å². The zero-order valence-corrected chi connectivity index (χ0v) is 23.9. The molecular weight excluding hydrogens is 536 g/mol. The molecule has 42 heavy (non-hydrogen) atoms. The highest BCUT2D eigenvalue weighted by Gasteiger charge is 2.31. The van der Waals surface area contributed by atoms with Gasteiger partial charge in [-0.05, 0) is 49.9 Å². The first-order valence-electron chi connectivity index (χ1n) is 14.4. The van der Waals surface area contributed by atoms with Crippen LogP contribution in [0.5, 0.6) is 5.75 Å². The SMILES string of the molecule is CCCCC(C(=O)N1CCN(c2ccc(OCCNC)cc2)CC1)n1ncc2c1nc(N)n1nc(-c3ccco3)nc21. The Hall–Kier alpha value is -4.65. The number of aromatic nitrogens is 6. The average molecular weight is 573 g/mol. The van der Waals surface area contributed by atoms with Crippen LogP contribution >= 0.6 is 0 Å². The van der Waals surface area contributed by atoms with Gasteiger partial charge in [-0.25, -0.2) is 9.67 Å². The molecule has 13 heteroatoms. The van der Waals surface area contributed by atoms with Gasteiger partial charge in [0.2, 0.25) is 17.7 Å². The van der Waals surface area contributed by atoms with Gasteiger partial charge in [-0.1, -0.05) is 19.8 Å². The lowest BCUT2D eigenvalue weighted by atomic mass is 10.1. The molecule has 0 saturated carbocycles. The summed E-state index contributed by atoms with van der Waals surface area (Å²) in [5.41, 5.74) is 8.47. The number of hydrogen-bond acceptors (Lipinski definition) is 10. The molecule has 4 aromatic heterocycles. The number of piperazine rings is 1. The molecule has 5 heterocycles. The fraction of sp³-hybridized carbons (Fsp3) is 0.414. The second-order valence-corrected chi connectivity index (χ2v) is 10.4. The van der Waals surface area contributed by atoms with Gasteiger partial charge in [0.05, 0.1) is 17.8 Å². The number of anilines is 2. The number of likely N-dealkylation sites (N-methyl/N-ethyl adjacent to an activating group) is 1. The maximum Gasteiger partial charge on any atom is 0.247 e. The Balaban J connectivity index is 1.20. The predicted octanol–water partition coefficient (Wildman–Crippen LogP) is 2.99. The van der Waals surface area contributed by atoms with Crippen LogP contribution in [-0.4, -0.2) is 86.5 Å². The lowest BCUT2D eigenvalue weighted by molar-refractivity contribution is -0.135. The molecule has 1 aliphatic rings. The molecule has 3 N–H and O–H groups in total. The van der Waals surface area contributed by atoms with Crippen molar-refractivity contribution in [1.29, 1.82) is 0 Å². The van der Waals surface area contributed by atoms with E-state index in [9.17, 15) is 4.79 Å².